The quantitative estimate of drug-likeness (QED) is 0.242. The van der Waals surface area contributed by atoms with Crippen molar-refractivity contribution in [2.75, 3.05) is 13.7 Å². The summed E-state index contributed by atoms with van der Waals surface area (Å²) in [5, 5.41) is 17.4. The molecule has 0 saturated carbocycles. The van der Waals surface area contributed by atoms with E-state index in [2.05, 4.69) is 10.4 Å². The average Bonchev–Trinajstić information content (AvgIpc) is 3.29. The predicted molar refractivity (Wildman–Crippen MR) is 136 cm³/mol. The maximum absolute atomic E-state index is 13.8. The molecule has 12 heteroatoms. The van der Waals surface area contributed by atoms with E-state index in [9.17, 15) is 32.7 Å². The molecular formula is C27H21ClF3N3O5. The van der Waals surface area contributed by atoms with Gasteiger partial charge in [-0.3, -0.25) is 14.9 Å². The van der Waals surface area contributed by atoms with Crippen LogP contribution < -0.4 is 5.32 Å². The number of alkyl halides is 3. The SMILES string of the molecule is COC(=O)c1ccc(-c2nn(C(=O)c3c(Cl)cccc3C(F)(F)F)c3cc(C(O)NCC(C)=O)ccc23)cc1. The van der Waals surface area contributed by atoms with Crippen LogP contribution in [0.5, 0.6) is 0 Å². The lowest BCUT2D eigenvalue weighted by atomic mass is 10.0. The van der Waals surface area contributed by atoms with Crippen molar-refractivity contribution in [3.63, 3.8) is 0 Å². The zero-order chi connectivity index (χ0) is 28.5. The number of fused-ring (bicyclic) bond motifs is 1. The predicted octanol–water partition coefficient (Wildman–Crippen LogP) is 5.02. The third kappa shape index (κ3) is 5.70. The molecule has 1 atom stereocenters. The summed E-state index contributed by atoms with van der Waals surface area (Å²) in [7, 11) is 1.23. The van der Waals surface area contributed by atoms with Gasteiger partial charge in [-0.1, -0.05) is 41.9 Å². The minimum atomic E-state index is -4.87. The smallest absolute Gasteiger partial charge is 0.417 e. The van der Waals surface area contributed by atoms with E-state index in [4.69, 9.17) is 16.3 Å². The second-order valence-corrected chi connectivity index (χ2v) is 8.96. The normalized spacial score (nSPS) is 12.4. The number of hydrogen-bond acceptors (Lipinski definition) is 7. The third-order valence-electron chi connectivity index (χ3n) is 5.87. The van der Waals surface area contributed by atoms with Gasteiger partial charge in [0.15, 0.2) is 0 Å². The Morgan fingerprint density at radius 3 is 2.41 bits per heavy atom. The van der Waals surface area contributed by atoms with Crippen molar-refractivity contribution < 1.29 is 37.4 Å². The number of aromatic nitrogens is 2. The molecule has 4 rings (SSSR count). The van der Waals surface area contributed by atoms with E-state index in [1.54, 1.807) is 18.2 Å². The molecule has 202 valence electrons. The van der Waals surface area contributed by atoms with Gasteiger partial charge in [-0.15, -0.1) is 0 Å². The molecular weight excluding hydrogens is 539 g/mol. The number of nitrogens with one attached hydrogen (secondary N) is 1. The van der Waals surface area contributed by atoms with E-state index >= 15 is 0 Å². The van der Waals surface area contributed by atoms with Crippen LogP contribution in [0.1, 0.15) is 45.0 Å². The molecule has 0 radical (unpaired) electrons. The number of rotatable bonds is 7. The lowest BCUT2D eigenvalue weighted by molar-refractivity contribution is -0.138. The number of benzene rings is 3. The topological polar surface area (TPSA) is 111 Å². The van der Waals surface area contributed by atoms with Crippen LogP contribution in [-0.4, -0.2) is 46.2 Å². The lowest BCUT2D eigenvalue weighted by Gasteiger charge is -2.14. The molecule has 1 heterocycles. The number of aliphatic hydroxyl groups is 1. The fourth-order valence-electron chi connectivity index (χ4n) is 3.99. The first-order chi connectivity index (χ1) is 18.4. The second-order valence-electron chi connectivity index (χ2n) is 8.56. The highest BCUT2D eigenvalue weighted by atomic mass is 35.5. The van der Waals surface area contributed by atoms with Gasteiger partial charge in [-0.05, 0) is 42.8 Å². The Morgan fingerprint density at radius 2 is 1.79 bits per heavy atom. The average molecular weight is 560 g/mol. The van der Waals surface area contributed by atoms with Crippen LogP contribution in [0.4, 0.5) is 13.2 Å². The number of Topliss-reactive ketones (excluding diaryl/α,β-unsaturated/α-hetero) is 1. The molecule has 3 aromatic carbocycles. The van der Waals surface area contributed by atoms with Crippen molar-refractivity contribution in [1.82, 2.24) is 15.1 Å². The third-order valence-corrected chi connectivity index (χ3v) is 6.18. The number of halogens is 4. The summed E-state index contributed by atoms with van der Waals surface area (Å²) in [4.78, 5) is 36.7. The van der Waals surface area contributed by atoms with Gasteiger partial charge in [0.2, 0.25) is 0 Å². The van der Waals surface area contributed by atoms with E-state index in [1.807, 2.05) is 0 Å². The number of nitrogens with zero attached hydrogens (tertiary/aromatic N) is 2. The van der Waals surface area contributed by atoms with Crippen molar-refractivity contribution in [1.29, 1.82) is 0 Å². The second kappa shape index (κ2) is 11.0. The number of esters is 1. The molecule has 4 aromatic rings. The number of ether oxygens (including phenoxy) is 1. The number of hydrogen-bond donors (Lipinski definition) is 2. The summed E-state index contributed by atoms with van der Waals surface area (Å²) in [6.07, 6.45) is -6.19. The van der Waals surface area contributed by atoms with Crippen molar-refractivity contribution in [2.24, 2.45) is 0 Å². The molecule has 0 bridgehead atoms. The first-order valence-electron chi connectivity index (χ1n) is 11.4. The minimum Gasteiger partial charge on any atom is -0.465 e. The van der Waals surface area contributed by atoms with E-state index < -0.39 is 40.4 Å². The molecule has 0 aliphatic rings. The van der Waals surface area contributed by atoms with Crippen LogP contribution >= 0.6 is 11.6 Å². The first kappa shape index (κ1) is 28.0. The Labute approximate surface area is 224 Å². The zero-order valence-corrected chi connectivity index (χ0v) is 21.3. The number of methoxy groups -OCH3 is 1. The van der Waals surface area contributed by atoms with Gasteiger partial charge >= 0.3 is 12.1 Å². The van der Waals surface area contributed by atoms with Crippen molar-refractivity contribution in [2.45, 2.75) is 19.3 Å². The van der Waals surface area contributed by atoms with Gasteiger partial charge in [0.05, 0.1) is 40.9 Å². The summed E-state index contributed by atoms with van der Waals surface area (Å²) < 4.78 is 46.9. The number of carbonyl (C=O) groups excluding carboxylic acids is 3. The molecule has 1 aromatic heterocycles. The monoisotopic (exact) mass is 559 g/mol. The highest BCUT2D eigenvalue weighted by Crippen LogP contribution is 2.37. The van der Waals surface area contributed by atoms with Crippen LogP contribution in [-0.2, 0) is 15.7 Å². The summed E-state index contributed by atoms with van der Waals surface area (Å²) in [5.74, 6) is -1.94. The highest BCUT2D eigenvalue weighted by Gasteiger charge is 2.37. The minimum absolute atomic E-state index is 0.0845. The molecule has 0 aliphatic heterocycles. The maximum atomic E-state index is 13.8. The molecule has 0 saturated heterocycles. The lowest BCUT2D eigenvalue weighted by Crippen LogP contribution is -2.26. The largest absolute Gasteiger partial charge is 0.465 e. The van der Waals surface area contributed by atoms with Gasteiger partial charge in [0.25, 0.3) is 5.91 Å². The summed E-state index contributed by atoms with van der Waals surface area (Å²) in [6, 6.07) is 13.5. The Morgan fingerprint density at radius 1 is 1.10 bits per heavy atom. The van der Waals surface area contributed by atoms with Gasteiger partial charge in [-0.25, -0.2) is 4.79 Å². The standard InChI is InChI=1S/C27H21ClF3N3O5/c1-14(35)13-32-24(36)17-10-11-18-21(12-17)34(25(37)22-19(27(29,30)31)4-3-5-20(22)28)33-23(18)15-6-8-16(9-7-15)26(38)39-2/h3-12,24,32,36H,13H2,1-2H3. The van der Waals surface area contributed by atoms with E-state index in [-0.39, 0.29) is 34.7 Å². The van der Waals surface area contributed by atoms with Crippen LogP contribution in [0.2, 0.25) is 5.02 Å². The fraction of sp³-hybridized carbons (Fsp3) is 0.185. The van der Waals surface area contributed by atoms with Gasteiger partial charge in [-0.2, -0.15) is 23.0 Å². The van der Waals surface area contributed by atoms with E-state index in [0.29, 0.717) is 10.9 Å². The molecule has 0 aliphatic carbocycles. The van der Waals surface area contributed by atoms with Crippen LogP contribution in [0.15, 0.2) is 60.7 Å². The summed E-state index contributed by atoms with van der Waals surface area (Å²) in [6.45, 7) is 1.19. The van der Waals surface area contributed by atoms with Crippen molar-refractivity contribution >= 4 is 40.2 Å². The number of ketones is 1. The van der Waals surface area contributed by atoms with Crippen LogP contribution in [0.3, 0.4) is 0 Å². The van der Waals surface area contributed by atoms with Crippen molar-refractivity contribution in [3.8, 4) is 11.3 Å². The molecule has 0 fully saturated rings. The molecule has 39 heavy (non-hydrogen) atoms. The number of aliphatic hydroxyl groups excluding tert-OH is 1. The zero-order valence-electron chi connectivity index (χ0n) is 20.5. The van der Waals surface area contributed by atoms with Crippen molar-refractivity contribution in [3.05, 3.63) is 87.9 Å². The molecule has 2 N–H and O–H groups in total. The van der Waals surface area contributed by atoms with E-state index in [0.717, 1.165) is 16.8 Å². The van der Waals surface area contributed by atoms with Gasteiger partial charge in [0.1, 0.15) is 17.7 Å². The Hall–Kier alpha value is -4.06. The van der Waals surface area contributed by atoms with Gasteiger partial charge < -0.3 is 9.84 Å². The first-order valence-corrected chi connectivity index (χ1v) is 11.8. The molecule has 8 nitrogen and oxygen atoms in total. The summed E-state index contributed by atoms with van der Waals surface area (Å²) in [5.41, 5.74) is -0.752. The molecule has 0 spiro atoms. The highest BCUT2D eigenvalue weighted by molar-refractivity contribution is 6.34. The number of carbonyl (C=O) groups is 3. The maximum Gasteiger partial charge on any atom is 0.417 e. The fourth-order valence-corrected chi connectivity index (χ4v) is 4.25. The Bertz CT molecular complexity index is 1580. The van der Waals surface area contributed by atoms with E-state index in [1.165, 1.54) is 44.4 Å². The van der Waals surface area contributed by atoms with Crippen LogP contribution in [0.25, 0.3) is 22.2 Å². The van der Waals surface area contributed by atoms with Crippen LogP contribution in [0, 0.1) is 0 Å². The molecule has 0 amide bonds. The van der Waals surface area contributed by atoms with Gasteiger partial charge in [0, 0.05) is 10.9 Å². The Balaban J connectivity index is 1.92. The summed E-state index contributed by atoms with van der Waals surface area (Å²) >= 11 is 6.08. The Kier molecular flexibility index (Phi) is 7.86. The molecule has 1 unspecified atom stereocenters.